The lowest BCUT2D eigenvalue weighted by atomic mass is 10.3. The lowest BCUT2D eigenvalue weighted by molar-refractivity contribution is 0.413. The molecule has 3 nitrogen and oxygen atoms in total. The number of ether oxygens (including phenoxy) is 2. The fourth-order valence-electron chi connectivity index (χ4n) is 1.63. The number of rotatable bonds is 3. The van der Waals surface area contributed by atoms with E-state index in [9.17, 15) is 0 Å². The third-order valence-electron chi connectivity index (χ3n) is 2.65. The molecular formula is C14H13Cl2NO2. The van der Waals surface area contributed by atoms with Crippen molar-refractivity contribution in [3.8, 4) is 17.2 Å². The van der Waals surface area contributed by atoms with Gasteiger partial charge in [-0.3, -0.25) is 4.98 Å². The van der Waals surface area contributed by atoms with E-state index in [4.69, 9.17) is 32.7 Å². The average molecular weight is 298 g/mol. The van der Waals surface area contributed by atoms with Gasteiger partial charge in [0.15, 0.2) is 5.75 Å². The Kier molecular flexibility index (Phi) is 4.17. The molecule has 0 fully saturated rings. The molecule has 0 bridgehead atoms. The Morgan fingerprint density at radius 2 is 1.37 bits per heavy atom. The van der Waals surface area contributed by atoms with E-state index < -0.39 is 0 Å². The summed E-state index contributed by atoms with van der Waals surface area (Å²) >= 11 is 12.4. The predicted molar refractivity (Wildman–Crippen MR) is 76.8 cm³/mol. The second-order valence-electron chi connectivity index (χ2n) is 4.02. The molecule has 100 valence electrons. The zero-order chi connectivity index (χ0) is 14.0. The molecule has 0 saturated heterocycles. The molecule has 0 aliphatic heterocycles. The molecule has 0 amide bonds. The summed E-state index contributed by atoms with van der Waals surface area (Å²) in [5, 5.41) is 0.845. The zero-order valence-electron chi connectivity index (χ0n) is 10.8. The highest BCUT2D eigenvalue weighted by atomic mass is 35.5. The van der Waals surface area contributed by atoms with Gasteiger partial charge >= 0.3 is 0 Å². The SMILES string of the molecule is COc1ccc(Oc2c(Cl)c(C)nc(C)c2Cl)cc1. The minimum Gasteiger partial charge on any atom is -0.497 e. The summed E-state index contributed by atoms with van der Waals surface area (Å²) in [6.45, 7) is 3.62. The Balaban J connectivity index is 2.37. The van der Waals surface area contributed by atoms with Crippen molar-refractivity contribution in [3.63, 3.8) is 0 Å². The molecule has 1 heterocycles. The summed E-state index contributed by atoms with van der Waals surface area (Å²) < 4.78 is 10.8. The number of methoxy groups -OCH3 is 1. The van der Waals surface area contributed by atoms with Gasteiger partial charge in [0.1, 0.15) is 21.5 Å². The van der Waals surface area contributed by atoms with Gasteiger partial charge in [-0.15, -0.1) is 0 Å². The standard InChI is InChI=1S/C14H13Cl2NO2/c1-8-12(15)14(13(16)9(2)17-8)19-11-6-4-10(18-3)5-7-11/h4-7H,1-3H3. The average Bonchev–Trinajstić information content (AvgIpc) is 2.42. The molecule has 5 heteroatoms. The zero-order valence-corrected chi connectivity index (χ0v) is 12.3. The van der Waals surface area contributed by atoms with E-state index in [0.29, 0.717) is 32.9 Å². The van der Waals surface area contributed by atoms with Crippen molar-refractivity contribution in [1.82, 2.24) is 4.98 Å². The quantitative estimate of drug-likeness (QED) is 0.815. The number of benzene rings is 1. The molecule has 2 aromatic rings. The molecule has 0 aliphatic rings. The Hall–Kier alpha value is -1.45. The number of halogens is 2. The van der Waals surface area contributed by atoms with E-state index in [1.54, 1.807) is 31.4 Å². The number of hydrogen-bond donors (Lipinski definition) is 0. The van der Waals surface area contributed by atoms with E-state index in [-0.39, 0.29) is 0 Å². The van der Waals surface area contributed by atoms with E-state index >= 15 is 0 Å². The van der Waals surface area contributed by atoms with Crippen molar-refractivity contribution in [2.24, 2.45) is 0 Å². The van der Waals surface area contributed by atoms with Gasteiger partial charge in [0, 0.05) is 0 Å². The molecule has 19 heavy (non-hydrogen) atoms. The van der Waals surface area contributed by atoms with Crippen LogP contribution in [0.3, 0.4) is 0 Å². The van der Waals surface area contributed by atoms with Gasteiger partial charge in [-0.25, -0.2) is 0 Å². The van der Waals surface area contributed by atoms with Gasteiger partial charge in [-0.1, -0.05) is 23.2 Å². The molecule has 1 aromatic carbocycles. The van der Waals surface area contributed by atoms with Crippen LogP contribution in [-0.4, -0.2) is 12.1 Å². The minimum atomic E-state index is 0.423. The van der Waals surface area contributed by atoms with Crippen LogP contribution < -0.4 is 9.47 Å². The molecule has 1 aromatic heterocycles. The second kappa shape index (κ2) is 5.68. The fraction of sp³-hybridized carbons (Fsp3) is 0.214. The van der Waals surface area contributed by atoms with Crippen molar-refractivity contribution in [3.05, 3.63) is 45.7 Å². The van der Waals surface area contributed by atoms with Crippen LogP contribution in [0.5, 0.6) is 17.2 Å². The van der Waals surface area contributed by atoms with E-state index in [1.165, 1.54) is 0 Å². The molecule has 0 N–H and O–H groups in total. The van der Waals surface area contributed by atoms with Gasteiger partial charge in [0.25, 0.3) is 0 Å². The van der Waals surface area contributed by atoms with Gasteiger partial charge in [-0.05, 0) is 38.1 Å². The van der Waals surface area contributed by atoms with Gasteiger partial charge in [-0.2, -0.15) is 0 Å². The maximum Gasteiger partial charge on any atom is 0.168 e. The topological polar surface area (TPSA) is 31.4 Å². The van der Waals surface area contributed by atoms with Crippen molar-refractivity contribution in [2.45, 2.75) is 13.8 Å². The molecule has 2 rings (SSSR count). The number of pyridine rings is 1. The van der Waals surface area contributed by atoms with E-state index in [2.05, 4.69) is 4.98 Å². The Bertz CT molecular complexity index is 571. The first kappa shape index (κ1) is 14.0. The molecule has 0 aliphatic carbocycles. The molecular weight excluding hydrogens is 285 g/mol. The van der Waals surface area contributed by atoms with Crippen LogP contribution in [0.25, 0.3) is 0 Å². The number of hydrogen-bond acceptors (Lipinski definition) is 3. The van der Waals surface area contributed by atoms with Crippen molar-refractivity contribution in [1.29, 1.82) is 0 Å². The summed E-state index contributed by atoms with van der Waals surface area (Å²) in [7, 11) is 1.61. The van der Waals surface area contributed by atoms with Gasteiger partial charge in [0.05, 0.1) is 18.5 Å². The normalized spacial score (nSPS) is 10.4. The highest BCUT2D eigenvalue weighted by Crippen LogP contribution is 2.39. The fourth-order valence-corrected chi connectivity index (χ4v) is 2.02. The van der Waals surface area contributed by atoms with Crippen molar-refractivity contribution in [2.75, 3.05) is 7.11 Å². The van der Waals surface area contributed by atoms with Gasteiger partial charge < -0.3 is 9.47 Å². The lowest BCUT2D eigenvalue weighted by Gasteiger charge is -2.12. The maximum absolute atomic E-state index is 6.18. The largest absolute Gasteiger partial charge is 0.497 e. The highest BCUT2D eigenvalue weighted by Gasteiger charge is 2.15. The predicted octanol–water partition coefficient (Wildman–Crippen LogP) is 4.81. The molecule has 0 atom stereocenters. The first-order valence-electron chi connectivity index (χ1n) is 5.67. The Morgan fingerprint density at radius 3 is 1.84 bits per heavy atom. The first-order chi connectivity index (χ1) is 9.02. The third kappa shape index (κ3) is 2.94. The summed E-state index contributed by atoms with van der Waals surface area (Å²) in [6, 6.07) is 7.18. The first-order valence-corrected chi connectivity index (χ1v) is 6.42. The Morgan fingerprint density at radius 1 is 0.895 bits per heavy atom. The Labute approximate surface area is 122 Å². The number of aromatic nitrogens is 1. The number of aryl methyl sites for hydroxylation is 2. The van der Waals surface area contributed by atoms with Crippen LogP contribution >= 0.6 is 23.2 Å². The van der Waals surface area contributed by atoms with Crippen LogP contribution in [0.2, 0.25) is 10.0 Å². The van der Waals surface area contributed by atoms with E-state index in [0.717, 1.165) is 5.75 Å². The summed E-state index contributed by atoms with van der Waals surface area (Å²) in [5.41, 5.74) is 1.37. The minimum absolute atomic E-state index is 0.423. The monoisotopic (exact) mass is 297 g/mol. The smallest absolute Gasteiger partial charge is 0.168 e. The third-order valence-corrected chi connectivity index (χ3v) is 3.54. The lowest BCUT2D eigenvalue weighted by Crippen LogP contribution is -1.95. The molecule has 0 radical (unpaired) electrons. The molecule has 0 unspecified atom stereocenters. The van der Waals surface area contributed by atoms with Crippen LogP contribution in [0.1, 0.15) is 11.4 Å². The highest BCUT2D eigenvalue weighted by molar-refractivity contribution is 6.37. The summed E-state index contributed by atoms with van der Waals surface area (Å²) in [6.07, 6.45) is 0. The van der Waals surface area contributed by atoms with Crippen molar-refractivity contribution < 1.29 is 9.47 Å². The van der Waals surface area contributed by atoms with Gasteiger partial charge in [0.2, 0.25) is 0 Å². The molecule has 0 saturated carbocycles. The maximum atomic E-state index is 6.18. The molecule has 0 spiro atoms. The summed E-state index contributed by atoms with van der Waals surface area (Å²) in [5.74, 6) is 1.82. The number of nitrogens with zero attached hydrogens (tertiary/aromatic N) is 1. The van der Waals surface area contributed by atoms with Crippen LogP contribution in [0.4, 0.5) is 0 Å². The van der Waals surface area contributed by atoms with Crippen LogP contribution in [0, 0.1) is 13.8 Å². The van der Waals surface area contributed by atoms with E-state index in [1.807, 2.05) is 13.8 Å². The second-order valence-corrected chi connectivity index (χ2v) is 4.77. The summed E-state index contributed by atoms with van der Waals surface area (Å²) in [4.78, 5) is 4.24. The van der Waals surface area contributed by atoms with Crippen molar-refractivity contribution >= 4 is 23.2 Å². The van der Waals surface area contributed by atoms with Crippen LogP contribution in [-0.2, 0) is 0 Å². The van der Waals surface area contributed by atoms with Crippen LogP contribution in [0.15, 0.2) is 24.3 Å².